The molecule has 3 aliphatic heterocycles. The first kappa shape index (κ1) is 26.5. The van der Waals surface area contributed by atoms with E-state index in [4.69, 9.17) is 16.3 Å². The monoisotopic (exact) mass is 540 g/mol. The molecule has 2 fully saturated rings. The molecule has 3 atom stereocenters. The molecule has 3 heterocycles. The van der Waals surface area contributed by atoms with Gasteiger partial charge in [-0.3, -0.25) is 24.3 Å². The van der Waals surface area contributed by atoms with E-state index >= 15 is 0 Å². The first-order chi connectivity index (χ1) is 18.2. The number of hydrogen-bond donors (Lipinski definition) is 0. The molecule has 0 aromatic heterocycles. The number of carbonyl (C=O) groups is 3. The van der Waals surface area contributed by atoms with Gasteiger partial charge in [-0.2, -0.15) is 0 Å². The molecule has 0 bridgehead atoms. The summed E-state index contributed by atoms with van der Waals surface area (Å²) in [7, 11) is 0. The van der Waals surface area contributed by atoms with E-state index in [1.54, 1.807) is 29.2 Å². The van der Waals surface area contributed by atoms with Crippen LogP contribution in [0.3, 0.4) is 0 Å². The summed E-state index contributed by atoms with van der Waals surface area (Å²) in [6, 6.07) is 6.43. The Bertz CT molecular complexity index is 1270. The van der Waals surface area contributed by atoms with Crippen molar-refractivity contribution in [3.05, 3.63) is 70.2 Å². The van der Waals surface area contributed by atoms with Crippen molar-refractivity contribution in [3.8, 4) is 0 Å². The number of aliphatic imine (C=N–C) groups is 1. The Morgan fingerprint density at radius 3 is 2.50 bits per heavy atom. The molecule has 4 aliphatic rings. The van der Waals surface area contributed by atoms with E-state index in [1.165, 1.54) is 23.2 Å². The zero-order chi connectivity index (χ0) is 27.0. The third-order valence-electron chi connectivity index (χ3n) is 7.53. The molecule has 0 radical (unpaired) electrons. The van der Waals surface area contributed by atoms with E-state index in [2.05, 4.69) is 16.8 Å². The van der Waals surface area contributed by atoms with E-state index in [-0.39, 0.29) is 34.4 Å². The fourth-order valence-corrected chi connectivity index (χ4v) is 5.56. The number of ether oxygens (including phenoxy) is 1. The van der Waals surface area contributed by atoms with E-state index < -0.39 is 17.6 Å². The number of nitrogens with zero attached hydrogens (tertiary/aromatic N) is 4. The number of allylic oxidation sites excluding steroid dienone is 2. The Labute approximate surface area is 226 Å². The lowest BCUT2D eigenvalue weighted by molar-refractivity contribution is -0.145. The Morgan fingerprint density at radius 2 is 1.79 bits per heavy atom. The second kappa shape index (κ2) is 10.9. The van der Waals surface area contributed by atoms with Crippen LogP contribution in [0, 0.1) is 11.7 Å². The molecule has 38 heavy (non-hydrogen) atoms. The smallest absolute Gasteiger partial charge is 0.294 e. The molecule has 10 heteroatoms. The van der Waals surface area contributed by atoms with Crippen LogP contribution in [0.25, 0.3) is 0 Å². The number of halogens is 2. The minimum Gasteiger partial charge on any atom is -0.378 e. The molecular weight excluding hydrogens is 511 g/mol. The normalized spacial score (nSPS) is 25.7. The Morgan fingerprint density at radius 1 is 1.08 bits per heavy atom. The minimum atomic E-state index is -0.624. The lowest BCUT2D eigenvalue weighted by Crippen LogP contribution is -2.58. The highest BCUT2D eigenvalue weighted by atomic mass is 35.5. The van der Waals surface area contributed by atoms with Gasteiger partial charge in [0.05, 0.1) is 35.4 Å². The van der Waals surface area contributed by atoms with Crippen LogP contribution < -0.4 is 0 Å². The summed E-state index contributed by atoms with van der Waals surface area (Å²) in [5, 5.41) is 0.264. The number of morpholine rings is 1. The lowest BCUT2D eigenvalue weighted by Gasteiger charge is -2.44. The number of ketones is 1. The third-order valence-corrected chi connectivity index (χ3v) is 7.84. The van der Waals surface area contributed by atoms with Crippen LogP contribution in [0.4, 0.5) is 4.39 Å². The van der Waals surface area contributed by atoms with Crippen LogP contribution in [0.1, 0.15) is 19.4 Å². The number of fused-ring (bicyclic) bond motifs is 1. The molecule has 2 saturated heterocycles. The number of benzene rings is 1. The van der Waals surface area contributed by atoms with Crippen LogP contribution >= 0.6 is 11.6 Å². The molecule has 1 aromatic rings. The van der Waals surface area contributed by atoms with Crippen molar-refractivity contribution in [2.24, 2.45) is 10.9 Å². The van der Waals surface area contributed by atoms with Gasteiger partial charge >= 0.3 is 0 Å². The maximum Gasteiger partial charge on any atom is 0.294 e. The first-order valence-electron chi connectivity index (χ1n) is 12.8. The number of amides is 2. The second-order valence-corrected chi connectivity index (χ2v) is 10.5. The largest absolute Gasteiger partial charge is 0.378 e. The summed E-state index contributed by atoms with van der Waals surface area (Å²) in [6.07, 6.45) is 4.67. The molecule has 0 spiro atoms. The molecule has 8 nitrogen and oxygen atoms in total. The van der Waals surface area contributed by atoms with Gasteiger partial charge in [-0.05, 0) is 37.6 Å². The molecular formula is C28H30ClFN4O4. The summed E-state index contributed by atoms with van der Waals surface area (Å²) < 4.78 is 18.6. The van der Waals surface area contributed by atoms with Crippen molar-refractivity contribution in [1.82, 2.24) is 14.7 Å². The second-order valence-electron chi connectivity index (χ2n) is 10.1. The summed E-state index contributed by atoms with van der Waals surface area (Å²) in [6.45, 7) is 7.36. The Balaban J connectivity index is 1.29. The number of hydrogen-bond acceptors (Lipinski definition) is 6. The van der Waals surface area contributed by atoms with Crippen LogP contribution in [-0.2, 0) is 25.7 Å². The highest BCUT2D eigenvalue weighted by Crippen LogP contribution is 2.34. The highest BCUT2D eigenvalue weighted by Gasteiger charge is 2.39. The van der Waals surface area contributed by atoms with Crippen molar-refractivity contribution in [2.45, 2.75) is 32.5 Å². The van der Waals surface area contributed by atoms with Crippen molar-refractivity contribution in [1.29, 1.82) is 0 Å². The van der Waals surface area contributed by atoms with E-state index in [0.29, 0.717) is 57.2 Å². The standard InChI is InChI=1S/C28H30ClFN4O4/c1-17-15-34(18(2)14-33(17)16-19-3-5-20(30)6-4-19)27(36)22-11-21-23(13-31-25(21)12-24(22)29)26(35)28(37)32-7-9-38-10-8-32/h3-6,11-13,17-18,21H,7-10,14-16H2,1-2H3/t17-,18+,21?/m0/s1. The first-order valence-corrected chi connectivity index (χ1v) is 13.2. The quantitative estimate of drug-likeness (QED) is 0.536. The highest BCUT2D eigenvalue weighted by molar-refractivity contribution is 6.44. The minimum absolute atomic E-state index is 0.0685. The summed E-state index contributed by atoms with van der Waals surface area (Å²) in [5.41, 5.74) is 2.10. The maximum absolute atomic E-state index is 13.7. The third kappa shape index (κ3) is 5.23. The van der Waals surface area contributed by atoms with Gasteiger partial charge in [-0.25, -0.2) is 4.39 Å². The van der Waals surface area contributed by atoms with Crippen molar-refractivity contribution in [3.63, 3.8) is 0 Å². The van der Waals surface area contributed by atoms with Crippen LogP contribution in [-0.4, -0.2) is 89.5 Å². The molecule has 0 N–H and O–H groups in total. The maximum atomic E-state index is 13.7. The topological polar surface area (TPSA) is 82.5 Å². The lowest BCUT2D eigenvalue weighted by atomic mass is 9.86. The SMILES string of the molecule is C[C@@H]1CN(Cc2ccc(F)cc2)[C@@H](C)CN1C(=O)C1=CC2C(C(=O)C(=O)N3CCOCC3)=CN=C2C=C1Cl. The Hall–Kier alpha value is -3.14. The predicted octanol–water partition coefficient (Wildman–Crippen LogP) is 2.69. The van der Waals surface area contributed by atoms with Gasteiger partial charge in [-0.1, -0.05) is 29.8 Å². The summed E-state index contributed by atoms with van der Waals surface area (Å²) >= 11 is 6.53. The average Bonchev–Trinajstić information content (AvgIpc) is 3.33. The van der Waals surface area contributed by atoms with Gasteiger partial charge in [0.15, 0.2) is 0 Å². The molecule has 1 aliphatic carbocycles. The van der Waals surface area contributed by atoms with Crippen molar-refractivity contribution in [2.75, 3.05) is 39.4 Å². The number of Topliss-reactive ketones (excluding diaryl/α,β-unsaturated/α-hetero) is 1. The summed E-state index contributed by atoms with van der Waals surface area (Å²) in [5.74, 6) is -2.29. The van der Waals surface area contributed by atoms with Crippen LogP contribution in [0.2, 0.25) is 0 Å². The molecule has 0 saturated carbocycles. The van der Waals surface area contributed by atoms with Crippen LogP contribution in [0.15, 0.2) is 63.8 Å². The zero-order valence-corrected chi connectivity index (χ0v) is 22.2. The fraction of sp³-hybridized carbons (Fsp3) is 0.429. The van der Waals surface area contributed by atoms with Gasteiger partial charge < -0.3 is 14.5 Å². The summed E-state index contributed by atoms with van der Waals surface area (Å²) in [4.78, 5) is 49.5. The molecule has 1 unspecified atom stereocenters. The van der Waals surface area contributed by atoms with Gasteiger partial charge in [-0.15, -0.1) is 0 Å². The average molecular weight is 541 g/mol. The number of carbonyl (C=O) groups excluding carboxylic acids is 3. The molecule has 200 valence electrons. The molecule has 1 aromatic carbocycles. The van der Waals surface area contributed by atoms with Gasteiger partial charge in [0.25, 0.3) is 11.8 Å². The number of piperazine rings is 1. The molecule has 5 rings (SSSR count). The molecule has 2 amide bonds. The van der Waals surface area contributed by atoms with Crippen LogP contribution in [0.5, 0.6) is 0 Å². The van der Waals surface area contributed by atoms with Gasteiger partial charge in [0.2, 0.25) is 5.78 Å². The van der Waals surface area contributed by atoms with Gasteiger partial charge in [0.1, 0.15) is 5.82 Å². The van der Waals surface area contributed by atoms with Crippen molar-refractivity contribution >= 4 is 34.9 Å². The van der Waals surface area contributed by atoms with Gasteiger partial charge in [0, 0.05) is 56.6 Å². The van der Waals surface area contributed by atoms with E-state index in [1.807, 2.05) is 6.92 Å². The Kier molecular flexibility index (Phi) is 7.61. The van der Waals surface area contributed by atoms with E-state index in [0.717, 1.165) is 5.56 Å². The zero-order valence-electron chi connectivity index (χ0n) is 21.4. The van der Waals surface area contributed by atoms with Crippen molar-refractivity contribution < 1.29 is 23.5 Å². The predicted molar refractivity (Wildman–Crippen MR) is 141 cm³/mol. The van der Waals surface area contributed by atoms with E-state index in [9.17, 15) is 18.8 Å². The number of rotatable bonds is 5. The fourth-order valence-electron chi connectivity index (χ4n) is 5.31.